The first kappa shape index (κ1) is 12.5. The highest BCUT2D eigenvalue weighted by Crippen LogP contribution is 2.29. The van der Waals surface area contributed by atoms with Crippen molar-refractivity contribution in [1.29, 1.82) is 0 Å². The average Bonchev–Trinajstić information content (AvgIpc) is 2.10. The van der Waals surface area contributed by atoms with Gasteiger partial charge in [0, 0.05) is 5.56 Å². The third-order valence-corrected chi connectivity index (χ3v) is 2.83. The molecule has 84 valence electrons. The number of halogens is 4. The maximum absolute atomic E-state index is 12.0. The molecule has 1 rings (SSSR count). The number of aliphatic hydroxyl groups excluding tert-OH is 1. The van der Waals surface area contributed by atoms with E-state index >= 15 is 0 Å². The van der Waals surface area contributed by atoms with Crippen LogP contribution in [0.5, 0.6) is 5.75 Å². The lowest BCUT2D eigenvalue weighted by molar-refractivity contribution is -0.275. The monoisotopic (exact) mass is 333 g/mol. The molecule has 1 heterocycles. The highest BCUT2D eigenvalue weighted by Gasteiger charge is 2.32. The van der Waals surface area contributed by atoms with Crippen LogP contribution in [0.25, 0.3) is 0 Å². The van der Waals surface area contributed by atoms with Crippen molar-refractivity contribution in [1.82, 2.24) is 4.98 Å². The van der Waals surface area contributed by atoms with Crippen LogP contribution in [-0.4, -0.2) is 16.5 Å². The molecule has 0 fully saturated rings. The Morgan fingerprint density at radius 1 is 1.53 bits per heavy atom. The molecule has 0 saturated heterocycles. The number of nitrogens with zero attached hydrogens (tertiary/aromatic N) is 1. The summed E-state index contributed by atoms with van der Waals surface area (Å²) in [6.45, 7) is 1.05. The minimum atomic E-state index is -4.77. The van der Waals surface area contributed by atoms with Gasteiger partial charge in [0.25, 0.3) is 0 Å². The maximum atomic E-state index is 12.0. The van der Waals surface area contributed by atoms with Crippen LogP contribution in [0.4, 0.5) is 13.2 Å². The first-order valence-corrected chi connectivity index (χ1v) is 4.93. The second kappa shape index (κ2) is 4.52. The minimum Gasteiger partial charge on any atom is -0.404 e. The molecular formula is C8H7F3INO2. The lowest BCUT2D eigenvalue weighted by atomic mass is 10.1. The predicted octanol–water partition coefficient (Wildman–Crippen LogP) is 2.39. The molecule has 0 spiro atoms. The molecule has 0 radical (unpaired) electrons. The fraction of sp³-hybridized carbons (Fsp3) is 0.375. The topological polar surface area (TPSA) is 42.4 Å². The summed E-state index contributed by atoms with van der Waals surface area (Å²) in [7, 11) is 0. The highest BCUT2D eigenvalue weighted by molar-refractivity contribution is 14.1. The third kappa shape index (κ3) is 3.20. The Labute approximate surface area is 97.4 Å². The van der Waals surface area contributed by atoms with Gasteiger partial charge >= 0.3 is 6.36 Å². The molecule has 1 aromatic heterocycles. The molecular weight excluding hydrogens is 326 g/mol. The lowest BCUT2D eigenvalue weighted by Gasteiger charge is -2.13. The fourth-order valence-corrected chi connectivity index (χ4v) is 1.47. The Hall–Kier alpha value is -0.570. The molecule has 15 heavy (non-hydrogen) atoms. The number of aromatic nitrogens is 1. The number of ether oxygens (including phenoxy) is 1. The zero-order chi connectivity index (χ0) is 11.6. The molecule has 0 aliphatic heterocycles. The van der Waals surface area contributed by atoms with E-state index in [2.05, 4.69) is 9.72 Å². The Morgan fingerprint density at radius 3 is 2.60 bits per heavy atom. The summed E-state index contributed by atoms with van der Waals surface area (Å²) in [4.78, 5) is 3.72. The summed E-state index contributed by atoms with van der Waals surface area (Å²) in [5, 5.41) is 8.94. The van der Waals surface area contributed by atoms with E-state index in [9.17, 15) is 13.2 Å². The van der Waals surface area contributed by atoms with E-state index in [1.807, 2.05) is 22.6 Å². The van der Waals surface area contributed by atoms with Crippen molar-refractivity contribution in [3.05, 3.63) is 21.0 Å². The molecule has 0 unspecified atom stereocenters. The van der Waals surface area contributed by atoms with Gasteiger partial charge in [-0.15, -0.1) is 13.2 Å². The van der Waals surface area contributed by atoms with Crippen LogP contribution < -0.4 is 4.74 Å². The van der Waals surface area contributed by atoms with E-state index in [4.69, 9.17) is 5.11 Å². The van der Waals surface area contributed by atoms with Crippen LogP contribution in [0.2, 0.25) is 0 Å². The molecule has 0 aliphatic carbocycles. The van der Waals surface area contributed by atoms with Gasteiger partial charge in [-0.25, -0.2) is 4.98 Å². The first-order valence-electron chi connectivity index (χ1n) is 3.85. The standard InChI is InChI=1S/C8H7F3INO2/c1-4-5(3-14)6(2-13-7(4)12)15-8(9,10)11/h2,14H,3H2,1H3. The molecule has 0 aromatic carbocycles. The van der Waals surface area contributed by atoms with Crippen molar-refractivity contribution < 1.29 is 23.0 Å². The SMILES string of the molecule is Cc1c(I)ncc(OC(F)(F)F)c1CO. The lowest BCUT2D eigenvalue weighted by Crippen LogP contribution is -2.19. The van der Waals surface area contributed by atoms with E-state index < -0.39 is 18.7 Å². The summed E-state index contributed by atoms with van der Waals surface area (Å²) in [6, 6.07) is 0. The van der Waals surface area contributed by atoms with E-state index in [0.29, 0.717) is 9.26 Å². The van der Waals surface area contributed by atoms with Crippen LogP contribution in [0.1, 0.15) is 11.1 Å². The molecule has 0 bridgehead atoms. The van der Waals surface area contributed by atoms with Gasteiger partial charge in [0.1, 0.15) is 3.70 Å². The molecule has 0 atom stereocenters. The second-order valence-electron chi connectivity index (χ2n) is 2.72. The van der Waals surface area contributed by atoms with Gasteiger partial charge in [-0.05, 0) is 35.1 Å². The molecule has 1 aromatic rings. The largest absolute Gasteiger partial charge is 0.573 e. The summed E-state index contributed by atoms with van der Waals surface area (Å²) < 4.78 is 40.1. The number of rotatable bonds is 2. The van der Waals surface area contributed by atoms with Crippen LogP contribution >= 0.6 is 22.6 Å². The summed E-state index contributed by atoms with van der Waals surface area (Å²) >= 11 is 1.87. The average molecular weight is 333 g/mol. The molecule has 1 N–H and O–H groups in total. The predicted molar refractivity (Wildman–Crippen MR) is 54.3 cm³/mol. The van der Waals surface area contributed by atoms with E-state index in [1.54, 1.807) is 6.92 Å². The van der Waals surface area contributed by atoms with Crippen molar-refractivity contribution >= 4 is 22.6 Å². The Bertz CT molecular complexity index is 368. The van der Waals surface area contributed by atoms with Crippen molar-refractivity contribution in [3.63, 3.8) is 0 Å². The second-order valence-corrected chi connectivity index (χ2v) is 3.74. The highest BCUT2D eigenvalue weighted by atomic mass is 127. The third-order valence-electron chi connectivity index (χ3n) is 1.74. The zero-order valence-corrected chi connectivity index (χ0v) is 9.76. The van der Waals surface area contributed by atoms with Gasteiger partial charge in [0.05, 0.1) is 12.8 Å². The fourth-order valence-electron chi connectivity index (χ4n) is 1.01. The number of hydrogen-bond acceptors (Lipinski definition) is 3. The van der Waals surface area contributed by atoms with Crippen LogP contribution in [0, 0.1) is 10.6 Å². The Morgan fingerprint density at radius 2 is 2.13 bits per heavy atom. The maximum Gasteiger partial charge on any atom is 0.573 e. The van der Waals surface area contributed by atoms with Gasteiger partial charge in [-0.1, -0.05) is 0 Å². The van der Waals surface area contributed by atoms with Crippen molar-refractivity contribution in [3.8, 4) is 5.75 Å². The van der Waals surface area contributed by atoms with E-state index in [-0.39, 0.29) is 5.56 Å². The van der Waals surface area contributed by atoms with E-state index in [1.165, 1.54) is 0 Å². The molecule has 3 nitrogen and oxygen atoms in total. The summed E-state index contributed by atoms with van der Waals surface area (Å²) in [5.74, 6) is -0.456. The molecule has 0 amide bonds. The minimum absolute atomic E-state index is 0.103. The van der Waals surface area contributed by atoms with Crippen molar-refractivity contribution in [2.45, 2.75) is 19.9 Å². The van der Waals surface area contributed by atoms with Crippen molar-refractivity contribution in [2.75, 3.05) is 0 Å². The van der Waals surface area contributed by atoms with Gasteiger partial charge < -0.3 is 9.84 Å². The Kier molecular flexibility index (Phi) is 3.77. The quantitative estimate of drug-likeness (QED) is 0.668. The zero-order valence-electron chi connectivity index (χ0n) is 7.60. The van der Waals surface area contributed by atoms with Gasteiger partial charge in [0.15, 0.2) is 5.75 Å². The van der Waals surface area contributed by atoms with Crippen molar-refractivity contribution in [2.24, 2.45) is 0 Å². The smallest absolute Gasteiger partial charge is 0.404 e. The summed E-state index contributed by atoms with van der Waals surface area (Å²) in [6.07, 6.45) is -3.82. The van der Waals surface area contributed by atoms with Gasteiger partial charge in [-0.2, -0.15) is 0 Å². The van der Waals surface area contributed by atoms with Crippen LogP contribution in [0.3, 0.4) is 0 Å². The first-order chi connectivity index (χ1) is 6.85. The normalized spacial score (nSPS) is 11.6. The number of alkyl halides is 3. The molecule has 0 saturated carbocycles. The van der Waals surface area contributed by atoms with E-state index in [0.717, 1.165) is 6.20 Å². The Balaban J connectivity index is 3.14. The van der Waals surface area contributed by atoms with Crippen LogP contribution in [-0.2, 0) is 6.61 Å². The van der Waals surface area contributed by atoms with Crippen LogP contribution in [0.15, 0.2) is 6.20 Å². The van der Waals surface area contributed by atoms with Gasteiger partial charge in [0.2, 0.25) is 0 Å². The number of hydrogen-bond donors (Lipinski definition) is 1. The number of aliphatic hydroxyl groups is 1. The molecule has 0 aliphatic rings. The van der Waals surface area contributed by atoms with Gasteiger partial charge in [-0.3, -0.25) is 0 Å². The number of pyridine rings is 1. The molecule has 7 heteroatoms. The summed E-state index contributed by atoms with van der Waals surface area (Å²) in [5.41, 5.74) is 0.589.